The van der Waals surface area contributed by atoms with Gasteiger partial charge < -0.3 is 15.0 Å². The number of benzene rings is 1. The van der Waals surface area contributed by atoms with Gasteiger partial charge in [-0.2, -0.15) is 4.52 Å². The fourth-order valence-corrected chi connectivity index (χ4v) is 4.12. The van der Waals surface area contributed by atoms with Crippen LogP contribution < -0.4 is 5.32 Å². The molecule has 33 heavy (non-hydrogen) atoms. The van der Waals surface area contributed by atoms with Crippen LogP contribution in [0.5, 0.6) is 0 Å². The van der Waals surface area contributed by atoms with Crippen LogP contribution in [0.25, 0.3) is 5.65 Å². The fourth-order valence-electron chi connectivity index (χ4n) is 3.91. The SMILES string of the molecule is CCOC(=O)C1CCN(C(=O)CCc2nnc3ccc(NCc4ccccc4Cl)nn23)CC1. The van der Waals surface area contributed by atoms with E-state index in [2.05, 4.69) is 20.6 Å². The molecule has 0 unspecified atom stereocenters. The Morgan fingerprint density at radius 2 is 1.94 bits per heavy atom. The number of carbonyl (C=O) groups is 2. The highest BCUT2D eigenvalue weighted by molar-refractivity contribution is 6.31. The summed E-state index contributed by atoms with van der Waals surface area (Å²) in [5.41, 5.74) is 1.60. The molecular formula is C23H27ClN6O3. The van der Waals surface area contributed by atoms with E-state index in [1.54, 1.807) is 11.4 Å². The van der Waals surface area contributed by atoms with Gasteiger partial charge in [0.1, 0.15) is 5.82 Å². The van der Waals surface area contributed by atoms with E-state index >= 15 is 0 Å². The van der Waals surface area contributed by atoms with E-state index in [0.29, 0.717) is 74.2 Å². The summed E-state index contributed by atoms with van der Waals surface area (Å²) in [6.45, 7) is 3.86. The molecule has 10 heteroatoms. The third-order valence-corrected chi connectivity index (χ3v) is 6.14. The van der Waals surface area contributed by atoms with Crippen LogP contribution in [0.4, 0.5) is 5.82 Å². The number of halogens is 1. The lowest BCUT2D eigenvalue weighted by molar-refractivity contribution is -0.151. The molecule has 3 aromatic rings. The number of amides is 1. The second kappa shape index (κ2) is 10.6. The molecule has 1 aliphatic heterocycles. The third kappa shape index (κ3) is 5.60. The number of ether oxygens (including phenoxy) is 1. The normalized spacial score (nSPS) is 14.4. The van der Waals surface area contributed by atoms with Gasteiger partial charge in [-0.3, -0.25) is 9.59 Å². The van der Waals surface area contributed by atoms with Crippen molar-refractivity contribution in [2.75, 3.05) is 25.0 Å². The number of nitrogens with zero attached hydrogens (tertiary/aromatic N) is 5. The minimum absolute atomic E-state index is 0.0436. The fraction of sp³-hybridized carbons (Fsp3) is 0.435. The highest BCUT2D eigenvalue weighted by Crippen LogP contribution is 2.20. The summed E-state index contributed by atoms with van der Waals surface area (Å²) in [4.78, 5) is 26.4. The van der Waals surface area contributed by atoms with Gasteiger partial charge in [0.25, 0.3) is 0 Å². The average Bonchev–Trinajstić information content (AvgIpc) is 3.24. The number of nitrogens with one attached hydrogen (secondary N) is 1. The van der Waals surface area contributed by atoms with Crippen LogP contribution >= 0.6 is 11.6 Å². The molecule has 1 amide bonds. The van der Waals surface area contributed by atoms with Crippen LogP contribution in [0.3, 0.4) is 0 Å². The monoisotopic (exact) mass is 470 g/mol. The number of fused-ring (bicyclic) bond motifs is 1. The first-order chi connectivity index (χ1) is 16.0. The van der Waals surface area contributed by atoms with Crippen LogP contribution in [0.15, 0.2) is 36.4 Å². The van der Waals surface area contributed by atoms with E-state index in [9.17, 15) is 9.59 Å². The number of aryl methyl sites for hydroxylation is 1. The highest BCUT2D eigenvalue weighted by atomic mass is 35.5. The molecule has 9 nitrogen and oxygen atoms in total. The number of hydrogen-bond donors (Lipinski definition) is 1. The second-order valence-corrected chi connectivity index (χ2v) is 8.36. The predicted octanol–water partition coefficient (Wildman–Crippen LogP) is 3.12. The predicted molar refractivity (Wildman–Crippen MR) is 124 cm³/mol. The Morgan fingerprint density at radius 1 is 1.15 bits per heavy atom. The number of likely N-dealkylation sites (tertiary alicyclic amines) is 1. The molecule has 1 aromatic carbocycles. The largest absolute Gasteiger partial charge is 0.466 e. The molecular weight excluding hydrogens is 444 g/mol. The number of piperidine rings is 1. The number of esters is 1. The third-order valence-electron chi connectivity index (χ3n) is 5.78. The van der Waals surface area contributed by atoms with Gasteiger partial charge in [0.05, 0.1) is 12.5 Å². The number of aromatic nitrogens is 4. The summed E-state index contributed by atoms with van der Waals surface area (Å²) in [6.07, 6.45) is 2.02. The van der Waals surface area contributed by atoms with Gasteiger partial charge in [-0.25, -0.2) is 0 Å². The quantitative estimate of drug-likeness (QED) is 0.504. The Labute approximate surface area is 197 Å². The van der Waals surface area contributed by atoms with Crippen molar-refractivity contribution in [3.05, 3.63) is 52.8 Å². The molecule has 0 radical (unpaired) electrons. The van der Waals surface area contributed by atoms with Crippen molar-refractivity contribution >= 4 is 34.9 Å². The van der Waals surface area contributed by atoms with Crippen molar-refractivity contribution in [3.63, 3.8) is 0 Å². The van der Waals surface area contributed by atoms with Gasteiger partial charge in [0.2, 0.25) is 5.91 Å². The van der Waals surface area contributed by atoms with E-state index in [1.165, 1.54) is 0 Å². The molecule has 1 saturated heterocycles. The van der Waals surface area contributed by atoms with Crippen molar-refractivity contribution < 1.29 is 14.3 Å². The lowest BCUT2D eigenvalue weighted by atomic mass is 9.96. The highest BCUT2D eigenvalue weighted by Gasteiger charge is 2.28. The second-order valence-electron chi connectivity index (χ2n) is 7.96. The Kier molecular flexibility index (Phi) is 7.39. The van der Waals surface area contributed by atoms with E-state index in [0.717, 1.165) is 5.56 Å². The lowest BCUT2D eigenvalue weighted by Gasteiger charge is -2.30. The number of hydrogen-bond acceptors (Lipinski definition) is 7. The first kappa shape index (κ1) is 23.0. The van der Waals surface area contributed by atoms with Crippen LogP contribution in [0.1, 0.15) is 37.6 Å². The summed E-state index contributed by atoms with van der Waals surface area (Å²) < 4.78 is 6.76. The maximum absolute atomic E-state index is 12.7. The summed E-state index contributed by atoms with van der Waals surface area (Å²) in [5.74, 6) is 1.05. The van der Waals surface area contributed by atoms with Crippen LogP contribution in [-0.4, -0.2) is 56.3 Å². The molecule has 1 aliphatic rings. The van der Waals surface area contributed by atoms with Gasteiger partial charge in [0.15, 0.2) is 11.5 Å². The molecule has 174 valence electrons. The topological polar surface area (TPSA) is 102 Å². The van der Waals surface area contributed by atoms with E-state index in [-0.39, 0.29) is 17.8 Å². The zero-order chi connectivity index (χ0) is 23.2. The van der Waals surface area contributed by atoms with Gasteiger partial charge >= 0.3 is 5.97 Å². The maximum Gasteiger partial charge on any atom is 0.309 e. The van der Waals surface area contributed by atoms with Crippen molar-refractivity contribution in [3.8, 4) is 0 Å². The minimum Gasteiger partial charge on any atom is -0.466 e. The molecule has 0 saturated carbocycles. The van der Waals surface area contributed by atoms with Gasteiger partial charge in [0, 0.05) is 37.5 Å². The Hall–Kier alpha value is -3.20. The molecule has 0 bridgehead atoms. The van der Waals surface area contributed by atoms with Gasteiger partial charge in [-0.05, 0) is 43.5 Å². The van der Waals surface area contributed by atoms with Crippen molar-refractivity contribution in [1.82, 2.24) is 24.7 Å². The molecule has 3 heterocycles. The first-order valence-electron chi connectivity index (χ1n) is 11.2. The van der Waals surface area contributed by atoms with Crippen molar-refractivity contribution in [2.45, 2.75) is 39.2 Å². The lowest BCUT2D eigenvalue weighted by Crippen LogP contribution is -2.40. The maximum atomic E-state index is 12.7. The minimum atomic E-state index is -0.162. The molecule has 0 aliphatic carbocycles. The van der Waals surface area contributed by atoms with Gasteiger partial charge in [-0.15, -0.1) is 15.3 Å². The van der Waals surface area contributed by atoms with Crippen molar-refractivity contribution in [1.29, 1.82) is 0 Å². The zero-order valence-electron chi connectivity index (χ0n) is 18.5. The zero-order valence-corrected chi connectivity index (χ0v) is 19.3. The smallest absolute Gasteiger partial charge is 0.309 e. The van der Waals surface area contributed by atoms with Crippen LogP contribution in [-0.2, 0) is 27.3 Å². The van der Waals surface area contributed by atoms with Gasteiger partial charge in [-0.1, -0.05) is 29.8 Å². The molecule has 1 N–H and O–H groups in total. The molecule has 0 spiro atoms. The Morgan fingerprint density at radius 3 is 2.70 bits per heavy atom. The number of rotatable bonds is 8. The standard InChI is InChI=1S/C23H27ClN6O3/c1-2-33-23(32)16-11-13-29(14-12-16)22(31)10-9-21-27-26-20-8-7-19(28-30(20)21)25-15-17-5-3-4-6-18(17)24/h3-8,16H,2,9-15H2,1H3,(H,25,28). The van der Waals surface area contributed by atoms with E-state index in [1.807, 2.05) is 41.3 Å². The summed E-state index contributed by atoms with van der Waals surface area (Å²) in [7, 11) is 0. The average molecular weight is 471 g/mol. The molecule has 2 aromatic heterocycles. The summed E-state index contributed by atoms with van der Waals surface area (Å²) in [5, 5.41) is 16.9. The molecule has 1 fully saturated rings. The molecule has 0 atom stereocenters. The summed E-state index contributed by atoms with van der Waals surface area (Å²) >= 11 is 6.22. The van der Waals surface area contributed by atoms with E-state index < -0.39 is 0 Å². The summed E-state index contributed by atoms with van der Waals surface area (Å²) in [6, 6.07) is 11.3. The van der Waals surface area contributed by atoms with Crippen LogP contribution in [0, 0.1) is 5.92 Å². The van der Waals surface area contributed by atoms with E-state index in [4.69, 9.17) is 16.3 Å². The van der Waals surface area contributed by atoms with Crippen LogP contribution in [0.2, 0.25) is 5.02 Å². The first-order valence-corrected chi connectivity index (χ1v) is 11.6. The molecule has 4 rings (SSSR count). The Balaban J connectivity index is 1.33. The Bertz CT molecular complexity index is 1130. The number of anilines is 1. The number of carbonyl (C=O) groups excluding carboxylic acids is 2. The van der Waals surface area contributed by atoms with Crippen molar-refractivity contribution in [2.24, 2.45) is 5.92 Å².